The number of nitrogens with one attached hydrogen (secondary N) is 1. The van der Waals surface area contributed by atoms with Crippen LogP contribution < -0.4 is 5.32 Å². The van der Waals surface area contributed by atoms with Gasteiger partial charge < -0.3 is 5.32 Å². The molecule has 1 aliphatic heterocycles. The molecule has 0 aromatic carbocycles. The Kier molecular flexibility index (Phi) is 4.70. The molecule has 0 bridgehead atoms. The van der Waals surface area contributed by atoms with Gasteiger partial charge in [0.15, 0.2) is 0 Å². The Morgan fingerprint density at radius 3 is 2.88 bits per heavy atom. The van der Waals surface area contributed by atoms with Gasteiger partial charge >= 0.3 is 0 Å². The van der Waals surface area contributed by atoms with Crippen molar-refractivity contribution >= 4 is 12.4 Å². The second-order valence-electron chi connectivity index (χ2n) is 4.34. The summed E-state index contributed by atoms with van der Waals surface area (Å²) in [6.45, 7) is 7.54. The van der Waals surface area contributed by atoms with E-state index in [-0.39, 0.29) is 12.4 Å². The molecule has 1 fully saturated rings. The number of hydrogen-bond donors (Lipinski definition) is 1. The maximum Gasteiger partial charge on any atom is 0.0967 e. The summed E-state index contributed by atoms with van der Waals surface area (Å²) in [5.74, 6) is 0. The van der Waals surface area contributed by atoms with Gasteiger partial charge in [-0.2, -0.15) is 0 Å². The van der Waals surface area contributed by atoms with E-state index in [0.29, 0.717) is 12.1 Å². The third kappa shape index (κ3) is 2.93. The Hall–Kier alpha value is -0.650. The van der Waals surface area contributed by atoms with E-state index in [1.165, 1.54) is 0 Å². The van der Waals surface area contributed by atoms with E-state index in [2.05, 4.69) is 34.4 Å². The number of piperazine rings is 1. The number of nitrogens with zero attached hydrogens (tertiary/aromatic N) is 4. The molecule has 1 aromatic heterocycles. The summed E-state index contributed by atoms with van der Waals surface area (Å²) in [5, 5.41) is 11.5. The summed E-state index contributed by atoms with van der Waals surface area (Å²) in [6, 6.07) is 1.11. The van der Waals surface area contributed by atoms with E-state index in [0.717, 1.165) is 25.3 Å². The molecule has 2 heterocycles. The van der Waals surface area contributed by atoms with Crippen molar-refractivity contribution in [3.63, 3.8) is 0 Å². The van der Waals surface area contributed by atoms with Gasteiger partial charge in [-0.1, -0.05) is 5.21 Å². The van der Waals surface area contributed by atoms with Crippen LogP contribution in [0.2, 0.25) is 0 Å². The maximum atomic E-state index is 4.12. The molecule has 0 spiro atoms. The summed E-state index contributed by atoms with van der Waals surface area (Å²) in [6.07, 6.45) is 1.99. The SMILES string of the molecule is CC1NCCN(Cc2cn(C)nn2)C1C.Cl. The Balaban J connectivity index is 0.00000128. The number of aryl methyl sites for hydroxylation is 1. The number of hydrogen-bond acceptors (Lipinski definition) is 4. The van der Waals surface area contributed by atoms with Crippen molar-refractivity contribution in [1.29, 1.82) is 0 Å². The highest BCUT2D eigenvalue weighted by molar-refractivity contribution is 5.85. The van der Waals surface area contributed by atoms with Gasteiger partial charge in [-0.3, -0.25) is 9.58 Å². The summed E-state index contributed by atoms with van der Waals surface area (Å²) in [4.78, 5) is 2.45. The highest BCUT2D eigenvalue weighted by atomic mass is 35.5. The zero-order chi connectivity index (χ0) is 10.8. The van der Waals surface area contributed by atoms with Gasteiger partial charge in [-0.25, -0.2) is 0 Å². The third-order valence-corrected chi connectivity index (χ3v) is 3.18. The van der Waals surface area contributed by atoms with Crippen LogP contribution in [0.15, 0.2) is 6.20 Å². The highest BCUT2D eigenvalue weighted by Gasteiger charge is 2.24. The predicted octanol–water partition coefficient (Wildman–Crippen LogP) is 0.419. The zero-order valence-corrected chi connectivity index (χ0v) is 10.9. The van der Waals surface area contributed by atoms with Crippen molar-refractivity contribution in [2.24, 2.45) is 7.05 Å². The maximum absolute atomic E-state index is 4.12. The molecule has 92 valence electrons. The number of halogens is 1. The molecule has 6 heteroatoms. The van der Waals surface area contributed by atoms with E-state index in [9.17, 15) is 0 Å². The Morgan fingerprint density at radius 1 is 1.50 bits per heavy atom. The van der Waals surface area contributed by atoms with Crippen molar-refractivity contribution in [1.82, 2.24) is 25.2 Å². The van der Waals surface area contributed by atoms with Gasteiger partial charge in [-0.05, 0) is 13.8 Å². The molecule has 0 aliphatic carbocycles. The van der Waals surface area contributed by atoms with Gasteiger partial charge in [-0.15, -0.1) is 17.5 Å². The van der Waals surface area contributed by atoms with Crippen LogP contribution in [0.5, 0.6) is 0 Å². The second-order valence-corrected chi connectivity index (χ2v) is 4.34. The van der Waals surface area contributed by atoms with E-state index in [4.69, 9.17) is 0 Å². The van der Waals surface area contributed by atoms with Crippen molar-refractivity contribution in [3.8, 4) is 0 Å². The van der Waals surface area contributed by atoms with Crippen molar-refractivity contribution < 1.29 is 0 Å². The quantitative estimate of drug-likeness (QED) is 0.821. The molecular weight excluding hydrogens is 226 g/mol. The molecule has 2 rings (SSSR count). The lowest BCUT2D eigenvalue weighted by Crippen LogP contribution is -2.54. The first-order valence-electron chi connectivity index (χ1n) is 5.49. The average molecular weight is 246 g/mol. The molecule has 0 amide bonds. The fraction of sp³-hybridized carbons (Fsp3) is 0.800. The molecule has 1 saturated heterocycles. The molecule has 1 N–H and O–H groups in total. The Labute approximate surface area is 103 Å². The van der Waals surface area contributed by atoms with Gasteiger partial charge in [0, 0.05) is 45.0 Å². The molecular formula is C10H20ClN5. The van der Waals surface area contributed by atoms with Gasteiger partial charge in [0.05, 0.1) is 5.69 Å². The first-order chi connectivity index (χ1) is 7.16. The standard InChI is InChI=1S/C10H19N5.ClH/c1-8-9(2)15(5-4-11-8)7-10-6-14(3)13-12-10;/h6,8-9,11H,4-5,7H2,1-3H3;1H. The first kappa shape index (κ1) is 13.4. The lowest BCUT2D eigenvalue weighted by atomic mass is 10.1. The van der Waals surface area contributed by atoms with E-state index >= 15 is 0 Å². The van der Waals surface area contributed by atoms with Crippen LogP contribution in [0.4, 0.5) is 0 Å². The summed E-state index contributed by atoms with van der Waals surface area (Å²) in [5.41, 5.74) is 1.05. The highest BCUT2D eigenvalue weighted by Crippen LogP contribution is 2.11. The molecule has 1 aliphatic rings. The Morgan fingerprint density at radius 2 is 2.25 bits per heavy atom. The van der Waals surface area contributed by atoms with Crippen molar-refractivity contribution in [2.75, 3.05) is 13.1 Å². The molecule has 16 heavy (non-hydrogen) atoms. The molecule has 0 radical (unpaired) electrons. The predicted molar refractivity (Wildman–Crippen MR) is 65.6 cm³/mol. The van der Waals surface area contributed by atoms with Crippen LogP contribution in [0.25, 0.3) is 0 Å². The van der Waals surface area contributed by atoms with Crippen LogP contribution in [0.1, 0.15) is 19.5 Å². The second kappa shape index (κ2) is 5.61. The van der Waals surface area contributed by atoms with Crippen LogP contribution in [-0.4, -0.2) is 45.1 Å². The summed E-state index contributed by atoms with van der Waals surface area (Å²) < 4.78 is 1.76. The average Bonchev–Trinajstić information content (AvgIpc) is 2.59. The van der Waals surface area contributed by atoms with Gasteiger partial charge in [0.2, 0.25) is 0 Å². The minimum Gasteiger partial charge on any atom is -0.311 e. The van der Waals surface area contributed by atoms with Gasteiger partial charge in [0.1, 0.15) is 0 Å². The topological polar surface area (TPSA) is 46.0 Å². The lowest BCUT2D eigenvalue weighted by molar-refractivity contribution is 0.129. The van der Waals surface area contributed by atoms with Crippen LogP contribution in [0.3, 0.4) is 0 Å². The fourth-order valence-corrected chi connectivity index (χ4v) is 2.03. The fourth-order valence-electron chi connectivity index (χ4n) is 2.03. The third-order valence-electron chi connectivity index (χ3n) is 3.18. The van der Waals surface area contributed by atoms with Crippen LogP contribution in [-0.2, 0) is 13.6 Å². The lowest BCUT2D eigenvalue weighted by Gasteiger charge is -2.38. The molecule has 5 nitrogen and oxygen atoms in total. The smallest absolute Gasteiger partial charge is 0.0967 e. The first-order valence-corrected chi connectivity index (χ1v) is 5.49. The Bertz CT molecular complexity index is 327. The summed E-state index contributed by atoms with van der Waals surface area (Å²) in [7, 11) is 1.90. The monoisotopic (exact) mass is 245 g/mol. The van der Waals surface area contributed by atoms with E-state index in [1.54, 1.807) is 4.68 Å². The van der Waals surface area contributed by atoms with Gasteiger partial charge in [0.25, 0.3) is 0 Å². The molecule has 1 aromatic rings. The molecule has 2 atom stereocenters. The number of aromatic nitrogens is 3. The van der Waals surface area contributed by atoms with Crippen molar-refractivity contribution in [3.05, 3.63) is 11.9 Å². The van der Waals surface area contributed by atoms with Crippen LogP contribution >= 0.6 is 12.4 Å². The normalized spacial score (nSPS) is 26.4. The molecule has 2 unspecified atom stereocenters. The van der Waals surface area contributed by atoms with E-state index in [1.807, 2.05) is 13.2 Å². The van der Waals surface area contributed by atoms with Crippen LogP contribution in [0, 0.1) is 0 Å². The summed E-state index contributed by atoms with van der Waals surface area (Å²) >= 11 is 0. The van der Waals surface area contributed by atoms with Crippen molar-refractivity contribution in [2.45, 2.75) is 32.5 Å². The van der Waals surface area contributed by atoms with E-state index < -0.39 is 0 Å². The largest absolute Gasteiger partial charge is 0.311 e. The minimum absolute atomic E-state index is 0. The minimum atomic E-state index is 0. The molecule has 0 saturated carbocycles. The number of rotatable bonds is 2. The zero-order valence-electron chi connectivity index (χ0n) is 10.1.